The maximum atomic E-state index is 12.7. The van der Waals surface area contributed by atoms with E-state index in [9.17, 15) is 18.0 Å². The average molecular weight is 346 g/mol. The highest BCUT2D eigenvalue weighted by Gasteiger charge is 2.41. The van der Waals surface area contributed by atoms with E-state index in [1.807, 2.05) is 0 Å². The summed E-state index contributed by atoms with van der Waals surface area (Å²) in [6, 6.07) is 3.05. The number of nitrogens with one attached hydrogen (secondary N) is 2. The molecule has 134 valence electrons. The molecule has 6 nitrogen and oxygen atoms in total. The zero-order chi connectivity index (χ0) is 17.7. The Morgan fingerprint density at radius 1 is 1.33 bits per heavy atom. The van der Waals surface area contributed by atoms with Crippen LogP contribution in [0.4, 0.5) is 13.2 Å². The molecule has 1 aromatic rings. The number of alkyl halides is 3. The van der Waals surface area contributed by atoms with E-state index in [0.29, 0.717) is 24.6 Å². The lowest BCUT2D eigenvalue weighted by Gasteiger charge is -2.31. The predicted molar refractivity (Wildman–Crippen MR) is 82.4 cm³/mol. The molecule has 0 aliphatic heterocycles. The molecule has 2 rings (SSSR count). The number of amides is 1. The van der Waals surface area contributed by atoms with E-state index in [1.165, 1.54) is 6.07 Å². The predicted octanol–water partition coefficient (Wildman–Crippen LogP) is 2.16. The van der Waals surface area contributed by atoms with Gasteiger partial charge in [-0.25, -0.2) is 0 Å². The fourth-order valence-corrected chi connectivity index (χ4v) is 2.73. The summed E-state index contributed by atoms with van der Waals surface area (Å²) in [7, 11) is 1.58. The van der Waals surface area contributed by atoms with Crippen molar-refractivity contribution < 1.29 is 22.4 Å². The van der Waals surface area contributed by atoms with Crippen LogP contribution >= 0.6 is 0 Å². The topological polar surface area (TPSA) is 92.6 Å². The Labute approximate surface area is 137 Å². The summed E-state index contributed by atoms with van der Waals surface area (Å²) in [5.41, 5.74) is 5.11. The second-order valence-corrected chi connectivity index (χ2v) is 5.79. The van der Waals surface area contributed by atoms with E-state index >= 15 is 0 Å². The fraction of sp³-hybridized carbons (Fsp3) is 0.600. The van der Waals surface area contributed by atoms with Crippen molar-refractivity contribution in [3.05, 3.63) is 23.7 Å². The minimum Gasteiger partial charge on any atom is -0.454 e. The number of rotatable bonds is 4. The van der Waals surface area contributed by atoms with Crippen LogP contribution in [0.2, 0.25) is 0 Å². The first-order valence-electron chi connectivity index (χ1n) is 7.72. The Bertz CT molecular complexity index is 590. The van der Waals surface area contributed by atoms with Crippen LogP contribution in [0.15, 0.2) is 21.5 Å². The summed E-state index contributed by atoms with van der Waals surface area (Å²) in [4.78, 5) is 15.0. The maximum Gasteiger partial charge on any atom is 0.391 e. The Kier molecular flexibility index (Phi) is 5.74. The van der Waals surface area contributed by atoms with Crippen LogP contribution in [0, 0.1) is 5.92 Å². The molecule has 1 aliphatic rings. The number of furan rings is 1. The van der Waals surface area contributed by atoms with Gasteiger partial charge < -0.3 is 20.8 Å². The third-order valence-corrected chi connectivity index (χ3v) is 4.09. The second-order valence-electron chi connectivity index (χ2n) is 5.79. The van der Waals surface area contributed by atoms with E-state index in [1.54, 1.807) is 13.1 Å². The van der Waals surface area contributed by atoms with Gasteiger partial charge in [-0.05, 0) is 37.8 Å². The Morgan fingerprint density at radius 3 is 2.50 bits per heavy atom. The average Bonchev–Trinajstić information content (AvgIpc) is 3.00. The second kappa shape index (κ2) is 7.59. The van der Waals surface area contributed by atoms with Gasteiger partial charge in [0.2, 0.25) is 0 Å². The zero-order valence-electron chi connectivity index (χ0n) is 13.3. The number of halogens is 3. The molecule has 0 atom stereocenters. The smallest absolute Gasteiger partial charge is 0.391 e. The number of hydrogen-bond donors (Lipinski definition) is 3. The van der Waals surface area contributed by atoms with Crippen LogP contribution in [-0.4, -0.2) is 31.1 Å². The van der Waals surface area contributed by atoms with E-state index in [4.69, 9.17) is 10.2 Å². The van der Waals surface area contributed by atoms with Gasteiger partial charge in [0.25, 0.3) is 5.91 Å². The van der Waals surface area contributed by atoms with Gasteiger partial charge in [-0.3, -0.25) is 9.79 Å². The first-order valence-corrected chi connectivity index (χ1v) is 7.72. The van der Waals surface area contributed by atoms with Crippen LogP contribution in [0.5, 0.6) is 0 Å². The highest BCUT2D eigenvalue weighted by Crippen LogP contribution is 2.37. The number of nitrogens with two attached hydrogens (primary N) is 1. The van der Waals surface area contributed by atoms with Crippen molar-refractivity contribution in [2.75, 3.05) is 7.05 Å². The first kappa shape index (κ1) is 18.2. The van der Waals surface area contributed by atoms with Crippen molar-refractivity contribution in [1.82, 2.24) is 10.6 Å². The highest BCUT2D eigenvalue weighted by molar-refractivity contribution is 5.89. The van der Waals surface area contributed by atoms with Gasteiger partial charge in [0.15, 0.2) is 11.7 Å². The number of carbonyl (C=O) groups is 1. The summed E-state index contributed by atoms with van der Waals surface area (Å²) in [6.07, 6.45) is -2.98. The Morgan fingerprint density at radius 2 is 2.00 bits per heavy atom. The maximum absolute atomic E-state index is 12.7. The van der Waals surface area contributed by atoms with Gasteiger partial charge in [0.05, 0.1) is 12.5 Å². The van der Waals surface area contributed by atoms with E-state index in [-0.39, 0.29) is 31.2 Å². The molecule has 0 saturated heterocycles. The van der Waals surface area contributed by atoms with E-state index in [2.05, 4.69) is 15.6 Å². The van der Waals surface area contributed by atoms with Gasteiger partial charge in [0, 0.05) is 13.1 Å². The SMILES string of the molecule is CN=C(NCc1ccc(C(N)=O)o1)NC1CCC(C(F)(F)F)CC1. The number of nitrogens with zero attached hydrogens (tertiary/aromatic N) is 1. The first-order chi connectivity index (χ1) is 11.3. The van der Waals surface area contributed by atoms with E-state index < -0.39 is 18.0 Å². The van der Waals surface area contributed by atoms with Gasteiger partial charge in [-0.2, -0.15) is 13.2 Å². The quantitative estimate of drug-likeness (QED) is 0.575. The van der Waals surface area contributed by atoms with Crippen molar-refractivity contribution in [3.63, 3.8) is 0 Å². The van der Waals surface area contributed by atoms with Gasteiger partial charge >= 0.3 is 6.18 Å². The minimum absolute atomic E-state index is 0.0485. The van der Waals surface area contributed by atoms with Crippen LogP contribution < -0.4 is 16.4 Å². The number of carbonyl (C=O) groups excluding carboxylic acids is 1. The molecular formula is C15H21F3N4O2. The number of primary amides is 1. The molecule has 1 aromatic heterocycles. The summed E-state index contributed by atoms with van der Waals surface area (Å²) in [5, 5.41) is 6.11. The molecule has 1 fully saturated rings. The fourth-order valence-electron chi connectivity index (χ4n) is 2.73. The lowest BCUT2D eigenvalue weighted by Crippen LogP contribution is -2.45. The third-order valence-electron chi connectivity index (χ3n) is 4.09. The minimum atomic E-state index is -4.11. The van der Waals surface area contributed by atoms with Crippen LogP contribution in [0.3, 0.4) is 0 Å². The largest absolute Gasteiger partial charge is 0.454 e. The van der Waals surface area contributed by atoms with Crippen molar-refractivity contribution >= 4 is 11.9 Å². The third kappa shape index (κ3) is 4.90. The molecule has 0 radical (unpaired) electrons. The Balaban J connectivity index is 1.79. The lowest BCUT2D eigenvalue weighted by atomic mass is 9.85. The van der Waals surface area contributed by atoms with Gasteiger partial charge in [0.1, 0.15) is 5.76 Å². The van der Waals surface area contributed by atoms with Crippen molar-refractivity contribution in [2.24, 2.45) is 16.6 Å². The van der Waals surface area contributed by atoms with Crippen LogP contribution in [0.25, 0.3) is 0 Å². The van der Waals surface area contributed by atoms with Crippen LogP contribution in [0.1, 0.15) is 42.0 Å². The summed E-state index contributed by atoms with van der Waals surface area (Å²) in [6.45, 7) is 0.283. The molecule has 0 aromatic carbocycles. The molecule has 1 aliphatic carbocycles. The molecular weight excluding hydrogens is 325 g/mol. The number of aliphatic imine (C=N–C) groups is 1. The molecule has 0 bridgehead atoms. The molecule has 9 heteroatoms. The van der Waals surface area contributed by atoms with Gasteiger partial charge in [-0.1, -0.05) is 0 Å². The standard InChI is InChI=1S/C15H21F3N4O2/c1-20-14(21-8-11-6-7-12(24-11)13(19)23)22-10-4-2-9(3-5-10)15(16,17)18/h6-7,9-10H,2-5,8H2,1H3,(H2,19,23)(H2,20,21,22). The lowest BCUT2D eigenvalue weighted by molar-refractivity contribution is -0.182. The molecule has 0 unspecified atom stereocenters. The van der Waals surface area contributed by atoms with Gasteiger partial charge in [-0.15, -0.1) is 0 Å². The summed E-state index contributed by atoms with van der Waals surface area (Å²) in [5.74, 6) is -0.804. The monoisotopic (exact) mass is 346 g/mol. The van der Waals surface area contributed by atoms with Crippen molar-refractivity contribution in [3.8, 4) is 0 Å². The normalized spacial score (nSPS) is 22.2. The molecule has 0 spiro atoms. The Hall–Kier alpha value is -2.19. The molecule has 24 heavy (non-hydrogen) atoms. The molecule has 1 heterocycles. The zero-order valence-corrected chi connectivity index (χ0v) is 13.3. The van der Waals surface area contributed by atoms with Crippen molar-refractivity contribution in [1.29, 1.82) is 0 Å². The van der Waals surface area contributed by atoms with E-state index in [0.717, 1.165) is 0 Å². The number of hydrogen-bond acceptors (Lipinski definition) is 3. The number of guanidine groups is 1. The molecule has 1 amide bonds. The van der Waals surface area contributed by atoms with Crippen molar-refractivity contribution in [2.45, 2.75) is 44.4 Å². The summed E-state index contributed by atoms with van der Waals surface area (Å²) >= 11 is 0. The molecule has 4 N–H and O–H groups in total. The van der Waals surface area contributed by atoms with Crippen LogP contribution in [-0.2, 0) is 6.54 Å². The summed E-state index contributed by atoms with van der Waals surface area (Å²) < 4.78 is 43.2. The molecule has 1 saturated carbocycles. The highest BCUT2D eigenvalue weighted by atomic mass is 19.4.